The van der Waals surface area contributed by atoms with Crippen molar-refractivity contribution in [3.05, 3.63) is 47.5 Å². The van der Waals surface area contributed by atoms with Crippen LogP contribution in [0.15, 0.2) is 42.0 Å². The summed E-state index contributed by atoms with van der Waals surface area (Å²) in [6, 6.07) is 11.4. The van der Waals surface area contributed by atoms with Gasteiger partial charge in [-0.3, -0.25) is 0 Å². The molecule has 0 radical (unpaired) electrons. The van der Waals surface area contributed by atoms with Gasteiger partial charge in [0, 0.05) is 6.04 Å². The molecule has 1 N–H and O–H groups in total. The van der Waals surface area contributed by atoms with E-state index >= 15 is 0 Å². The number of hydrogen-bond acceptors (Lipinski definition) is 1. The topological polar surface area (TPSA) is 12.0 Å². The molecule has 2 rings (SSSR count). The number of benzene rings is 1. The lowest BCUT2D eigenvalue weighted by atomic mass is 9.97. The number of nitrogens with one attached hydrogen (secondary N) is 1. The van der Waals surface area contributed by atoms with Crippen LogP contribution in [0, 0.1) is 0 Å². The number of piperidine rings is 1. The van der Waals surface area contributed by atoms with Crippen LogP contribution in [0.3, 0.4) is 0 Å². The highest BCUT2D eigenvalue weighted by Gasteiger charge is 2.12. The molecule has 0 amide bonds. The largest absolute Gasteiger partial charge is 0.314 e. The van der Waals surface area contributed by atoms with E-state index in [9.17, 15) is 0 Å². The molecule has 17 heavy (non-hydrogen) atoms. The first kappa shape index (κ1) is 12.4. The van der Waals surface area contributed by atoms with Crippen molar-refractivity contribution in [2.24, 2.45) is 0 Å². The molecule has 1 nitrogen and oxygen atoms in total. The van der Waals surface area contributed by atoms with E-state index in [-0.39, 0.29) is 0 Å². The van der Waals surface area contributed by atoms with Crippen LogP contribution in [-0.4, -0.2) is 12.6 Å². The molecule has 0 bridgehead atoms. The third-order valence-electron chi connectivity index (χ3n) is 3.51. The van der Waals surface area contributed by atoms with Crippen LogP contribution in [0.5, 0.6) is 0 Å². The average molecular weight is 229 g/mol. The Morgan fingerprint density at radius 1 is 1.29 bits per heavy atom. The zero-order valence-electron chi connectivity index (χ0n) is 10.8. The van der Waals surface area contributed by atoms with Crippen molar-refractivity contribution >= 4 is 0 Å². The third-order valence-corrected chi connectivity index (χ3v) is 3.51. The van der Waals surface area contributed by atoms with Crippen molar-refractivity contribution in [1.29, 1.82) is 0 Å². The van der Waals surface area contributed by atoms with E-state index in [0.29, 0.717) is 0 Å². The molecule has 1 saturated heterocycles. The first-order chi connectivity index (χ1) is 8.34. The van der Waals surface area contributed by atoms with E-state index in [1.807, 2.05) is 0 Å². The predicted octanol–water partition coefficient (Wildman–Crippen LogP) is 3.71. The second kappa shape index (κ2) is 6.61. The van der Waals surface area contributed by atoms with Crippen molar-refractivity contribution in [3.8, 4) is 0 Å². The van der Waals surface area contributed by atoms with E-state index in [1.165, 1.54) is 43.4 Å². The Labute approximate surface area is 105 Å². The van der Waals surface area contributed by atoms with Crippen LogP contribution in [0.25, 0.3) is 0 Å². The summed E-state index contributed by atoms with van der Waals surface area (Å²) in [4.78, 5) is 0. The maximum atomic E-state index is 3.61. The number of allylic oxidation sites excluding steroid dienone is 1. The molecule has 0 aromatic heterocycles. The van der Waals surface area contributed by atoms with Gasteiger partial charge in [0.15, 0.2) is 0 Å². The zero-order valence-corrected chi connectivity index (χ0v) is 10.8. The quantitative estimate of drug-likeness (QED) is 0.776. The molecule has 1 heteroatoms. The lowest BCUT2D eigenvalue weighted by Crippen LogP contribution is -2.33. The smallest absolute Gasteiger partial charge is 0.0104 e. The van der Waals surface area contributed by atoms with Gasteiger partial charge in [-0.05, 0) is 44.7 Å². The summed E-state index contributed by atoms with van der Waals surface area (Å²) in [7, 11) is 0. The molecule has 1 unspecified atom stereocenters. The summed E-state index contributed by atoms with van der Waals surface area (Å²) in [5, 5.41) is 3.61. The van der Waals surface area contributed by atoms with Gasteiger partial charge in [-0.1, -0.05) is 48.4 Å². The SMILES string of the molecule is C/C(=C/Cc1ccccc1)CC1CCCCN1. The maximum absolute atomic E-state index is 3.61. The van der Waals surface area contributed by atoms with Crippen LogP contribution in [0.2, 0.25) is 0 Å². The second-order valence-corrected chi connectivity index (χ2v) is 5.09. The lowest BCUT2D eigenvalue weighted by Gasteiger charge is -2.23. The highest BCUT2D eigenvalue weighted by Crippen LogP contribution is 2.15. The van der Waals surface area contributed by atoms with Gasteiger partial charge >= 0.3 is 0 Å². The minimum atomic E-state index is 0.718. The normalized spacial score (nSPS) is 21.5. The van der Waals surface area contributed by atoms with Crippen LogP contribution in [0.1, 0.15) is 38.2 Å². The molecule has 0 aliphatic carbocycles. The molecule has 1 aliphatic heterocycles. The Hall–Kier alpha value is -1.08. The van der Waals surface area contributed by atoms with Crippen molar-refractivity contribution < 1.29 is 0 Å². The van der Waals surface area contributed by atoms with Gasteiger partial charge in [-0.25, -0.2) is 0 Å². The first-order valence-electron chi connectivity index (χ1n) is 6.77. The average Bonchev–Trinajstić information content (AvgIpc) is 2.39. The van der Waals surface area contributed by atoms with Crippen molar-refractivity contribution in [2.75, 3.05) is 6.54 Å². The fraction of sp³-hybridized carbons (Fsp3) is 0.500. The van der Waals surface area contributed by atoms with Crippen LogP contribution < -0.4 is 5.32 Å². The minimum Gasteiger partial charge on any atom is -0.314 e. The molecule has 1 heterocycles. The fourth-order valence-corrected chi connectivity index (χ4v) is 2.48. The highest BCUT2D eigenvalue weighted by atomic mass is 14.9. The standard InChI is InChI=1S/C16H23N/c1-14(13-16-9-5-6-12-17-16)10-11-15-7-3-2-4-8-15/h2-4,7-8,10,16-17H,5-6,9,11-13H2,1H3/b14-10-. The van der Waals surface area contributed by atoms with E-state index in [2.05, 4.69) is 48.6 Å². The van der Waals surface area contributed by atoms with Gasteiger partial charge in [-0.15, -0.1) is 0 Å². The second-order valence-electron chi connectivity index (χ2n) is 5.09. The van der Waals surface area contributed by atoms with E-state index in [0.717, 1.165) is 12.5 Å². The highest BCUT2D eigenvalue weighted by molar-refractivity contribution is 5.19. The molecule has 1 aromatic rings. The molecule has 0 spiro atoms. The molecule has 1 fully saturated rings. The Balaban J connectivity index is 1.80. The summed E-state index contributed by atoms with van der Waals surface area (Å²) < 4.78 is 0. The maximum Gasteiger partial charge on any atom is 0.0104 e. The third kappa shape index (κ3) is 4.35. The first-order valence-corrected chi connectivity index (χ1v) is 6.77. The molecule has 92 valence electrons. The Bertz CT molecular complexity index is 347. The van der Waals surface area contributed by atoms with Crippen molar-refractivity contribution in [3.63, 3.8) is 0 Å². The van der Waals surface area contributed by atoms with Crippen molar-refractivity contribution in [1.82, 2.24) is 5.32 Å². The van der Waals surface area contributed by atoms with Gasteiger partial charge in [0.25, 0.3) is 0 Å². The van der Waals surface area contributed by atoms with Gasteiger partial charge in [0.05, 0.1) is 0 Å². The summed E-state index contributed by atoms with van der Waals surface area (Å²) in [6.07, 6.45) is 8.75. The fourth-order valence-electron chi connectivity index (χ4n) is 2.48. The van der Waals surface area contributed by atoms with Crippen LogP contribution in [0.4, 0.5) is 0 Å². The van der Waals surface area contributed by atoms with E-state index in [1.54, 1.807) is 0 Å². The Kier molecular flexibility index (Phi) is 4.81. The van der Waals surface area contributed by atoms with Gasteiger partial charge in [0.1, 0.15) is 0 Å². The number of hydrogen-bond donors (Lipinski definition) is 1. The summed E-state index contributed by atoms with van der Waals surface area (Å²) in [5.74, 6) is 0. The molecular weight excluding hydrogens is 206 g/mol. The Morgan fingerprint density at radius 2 is 2.12 bits per heavy atom. The van der Waals surface area contributed by atoms with E-state index in [4.69, 9.17) is 0 Å². The zero-order chi connectivity index (χ0) is 11.9. The lowest BCUT2D eigenvalue weighted by molar-refractivity contribution is 0.398. The van der Waals surface area contributed by atoms with Crippen molar-refractivity contribution in [2.45, 2.75) is 45.1 Å². The molecule has 1 atom stereocenters. The molecule has 0 saturated carbocycles. The predicted molar refractivity (Wildman–Crippen MR) is 74.2 cm³/mol. The molecular formula is C16H23N. The Morgan fingerprint density at radius 3 is 2.82 bits per heavy atom. The van der Waals surface area contributed by atoms with Crippen LogP contribution >= 0.6 is 0 Å². The number of rotatable bonds is 4. The molecule has 1 aliphatic rings. The van der Waals surface area contributed by atoms with Gasteiger partial charge in [-0.2, -0.15) is 0 Å². The summed E-state index contributed by atoms with van der Waals surface area (Å²) in [6.45, 7) is 3.47. The van der Waals surface area contributed by atoms with Gasteiger partial charge < -0.3 is 5.32 Å². The summed E-state index contributed by atoms with van der Waals surface area (Å²) >= 11 is 0. The van der Waals surface area contributed by atoms with Gasteiger partial charge in [0.2, 0.25) is 0 Å². The monoisotopic (exact) mass is 229 g/mol. The van der Waals surface area contributed by atoms with Crippen LogP contribution in [-0.2, 0) is 6.42 Å². The molecule has 1 aromatic carbocycles. The summed E-state index contributed by atoms with van der Waals surface area (Å²) in [5.41, 5.74) is 2.93. The minimum absolute atomic E-state index is 0.718. The van der Waals surface area contributed by atoms with E-state index < -0.39 is 0 Å².